The minimum Gasteiger partial charge on any atom is -0.366 e. The zero-order valence-electron chi connectivity index (χ0n) is 10.5. The fourth-order valence-electron chi connectivity index (χ4n) is 1.83. The van der Waals surface area contributed by atoms with E-state index >= 15 is 0 Å². The van der Waals surface area contributed by atoms with Crippen LogP contribution in [0, 0.1) is 0 Å². The van der Waals surface area contributed by atoms with E-state index < -0.39 is 0 Å². The van der Waals surface area contributed by atoms with E-state index in [1.165, 1.54) is 0 Å². The number of amides is 1. The molecular formula is C13H18Cl2N2O2. The number of rotatable bonds is 4. The Hall–Kier alpha value is -0.810. The standard InChI is InChI=1S/C13H17ClN2O2.ClH/c14-11-3-1-10(2-4-11)5-6-16-13(17)12-9-15-7-8-18-12;/h1-4,12,15H,5-9H2,(H,16,17);1H. The fourth-order valence-corrected chi connectivity index (χ4v) is 1.95. The summed E-state index contributed by atoms with van der Waals surface area (Å²) in [6, 6.07) is 7.64. The van der Waals surface area contributed by atoms with E-state index in [4.69, 9.17) is 16.3 Å². The lowest BCUT2D eigenvalue weighted by Gasteiger charge is -2.22. The second-order valence-corrected chi connectivity index (χ2v) is 4.67. The monoisotopic (exact) mass is 304 g/mol. The van der Waals surface area contributed by atoms with E-state index in [1.54, 1.807) is 0 Å². The van der Waals surface area contributed by atoms with E-state index in [0.717, 1.165) is 23.6 Å². The Labute approximate surface area is 124 Å². The maximum Gasteiger partial charge on any atom is 0.250 e. The largest absolute Gasteiger partial charge is 0.366 e. The number of benzene rings is 1. The van der Waals surface area contributed by atoms with Crippen LogP contribution in [0.4, 0.5) is 0 Å². The van der Waals surface area contributed by atoms with Crippen LogP contribution in [0.1, 0.15) is 5.56 Å². The first-order valence-electron chi connectivity index (χ1n) is 6.10. The lowest BCUT2D eigenvalue weighted by Crippen LogP contribution is -2.48. The van der Waals surface area contributed by atoms with Crippen molar-refractivity contribution in [1.82, 2.24) is 10.6 Å². The number of carbonyl (C=O) groups is 1. The Morgan fingerprint density at radius 1 is 1.42 bits per heavy atom. The van der Waals surface area contributed by atoms with Crippen LogP contribution >= 0.6 is 24.0 Å². The molecule has 0 aromatic heterocycles. The lowest BCUT2D eigenvalue weighted by atomic mass is 10.1. The summed E-state index contributed by atoms with van der Waals surface area (Å²) >= 11 is 5.80. The van der Waals surface area contributed by atoms with Gasteiger partial charge in [-0.25, -0.2) is 0 Å². The first-order chi connectivity index (χ1) is 8.75. The molecule has 1 aromatic carbocycles. The summed E-state index contributed by atoms with van der Waals surface area (Å²) in [6.45, 7) is 2.61. The Kier molecular flexibility index (Phi) is 7.16. The molecule has 1 amide bonds. The van der Waals surface area contributed by atoms with Gasteiger partial charge in [0.2, 0.25) is 5.91 Å². The highest BCUT2D eigenvalue weighted by molar-refractivity contribution is 6.30. The van der Waals surface area contributed by atoms with Crippen LogP contribution in [0.5, 0.6) is 0 Å². The summed E-state index contributed by atoms with van der Waals surface area (Å²) in [7, 11) is 0. The smallest absolute Gasteiger partial charge is 0.250 e. The highest BCUT2D eigenvalue weighted by Gasteiger charge is 2.20. The van der Waals surface area contributed by atoms with E-state index in [2.05, 4.69) is 10.6 Å². The molecule has 1 unspecified atom stereocenters. The maximum atomic E-state index is 11.7. The number of morpholine rings is 1. The van der Waals surface area contributed by atoms with E-state index in [-0.39, 0.29) is 24.4 Å². The molecule has 0 saturated carbocycles. The molecule has 1 fully saturated rings. The molecule has 4 nitrogen and oxygen atoms in total. The zero-order chi connectivity index (χ0) is 12.8. The van der Waals surface area contributed by atoms with Crippen molar-refractivity contribution in [1.29, 1.82) is 0 Å². The summed E-state index contributed by atoms with van der Waals surface area (Å²) in [5.74, 6) is -0.0452. The number of carbonyl (C=O) groups excluding carboxylic acids is 1. The summed E-state index contributed by atoms with van der Waals surface area (Å²) < 4.78 is 5.37. The minimum atomic E-state index is -0.357. The lowest BCUT2D eigenvalue weighted by molar-refractivity contribution is -0.134. The number of ether oxygens (including phenoxy) is 1. The maximum absolute atomic E-state index is 11.7. The molecular weight excluding hydrogens is 287 g/mol. The summed E-state index contributed by atoms with van der Waals surface area (Å²) in [4.78, 5) is 11.7. The van der Waals surface area contributed by atoms with Crippen molar-refractivity contribution in [2.45, 2.75) is 12.5 Å². The molecule has 1 aliphatic heterocycles. The predicted molar refractivity (Wildman–Crippen MR) is 78.0 cm³/mol. The molecule has 106 valence electrons. The van der Waals surface area contributed by atoms with Crippen molar-refractivity contribution in [2.75, 3.05) is 26.2 Å². The van der Waals surface area contributed by atoms with Crippen molar-refractivity contribution >= 4 is 29.9 Å². The van der Waals surface area contributed by atoms with Crippen molar-refractivity contribution in [3.8, 4) is 0 Å². The van der Waals surface area contributed by atoms with E-state index in [9.17, 15) is 4.79 Å². The van der Waals surface area contributed by atoms with Gasteiger partial charge < -0.3 is 15.4 Å². The third kappa shape index (κ3) is 5.37. The van der Waals surface area contributed by atoms with Crippen molar-refractivity contribution in [2.24, 2.45) is 0 Å². The molecule has 2 N–H and O–H groups in total. The second kappa shape index (κ2) is 8.38. The third-order valence-corrected chi connectivity index (χ3v) is 3.10. The number of hydrogen-bond acceptors (Lipinski definition) is 3. The fraction of sp³-hybridized carbons (Fsp3) is 0.462. The van der Waals surface area contributed by atoms with Gasteiger partial charge in [-0.3, -0.25) is 4.79 Å². The number of hydrogen-bond donors (Lipinski definition) is 2. The molecule has 1 aliphatic rings. The van der Waals surface area contributed by atoms with Crippen LogP contribution in [0.3, 0.4) is 0 Å². The summed E-state index contributed by atoms with van der Waals surface area (Å²) in [6.07, 6.45) is 0.437. The van der Waals surface area contributed by atoms with Crippen LogP contribution in [0.25, 0.3) is 0 Å². The highest BCUT2D eigenvalue weighted by Crippen LogP contribution is 2.09. The Bertz CT molecular complexity index is 392. The van der Waals surface area contributed by atoms with Gasteiger partial charge in [-0.1, -0.05) is 23.7 Å². The average Bonchev–Trinajstić information content (AvgIpc) is 2.42. The highest BCUT2D eigenvalue weighted by atomic mass is 35.5. The van der Waals surface area contributed by atoms with Crippen molar-refractivity contribution < 1.29 is 9.53 Å². The molecule has 0 bridgehead atoms. The molecule has 1 atom stereocenters. The van der Waals surface area contributed by atoms with Gasteiger partial charge in [0, 0.05) is 24.7 Å². The molecule has 6 heteroatoms. The first kappa shape index (κ1) is 16.2. The van der Waals surface area contributed by atoms with Gasteiger partial charge in [-0.15, -0.1) is 12.4 Å². The molecule has 1 aromatic rings. The normalized spacial score (nSPS) is 18.5. The Morgan fingerprint density at radius 2 is 2.16 bits per heavy atom. The summed E-state index contributed by atoms with van der Waals surface area (Å²) in [5.41, 5.74) is 1.15. The number of halogens is 2. The topological polar surface area (TPSA) is 50.4 Å². The number of nitrogens with one attached hydrogen (secondary N) is 2. The van der Waals surface area contributed by atoms with Gasteiger partial charge in [-0.05, 0) is 24.1 Å². The molecule has 1 saturated heterocycles. The van der Waals surface area contributed by atoms with Crippen molar-refractivity contribution in [3.63, 3.8) is 0 Å². The average molecular weight is 305 g/mol. The van der Waals surface area contributed by atoms with Crippen LogP contribution < -0.4 is 10.6 Å². The Balaban J connectivity index is 0.00000180. The van der Waals surface area contributed by atoms with Crippen molar-refractivity contribution in [3.05, 3.63) is 34.9 Å². The molecule has 19 heavy (non-hydrogen) atoms. The van der Waals surface area contributed by atoms with Gasteiger partial charge in [-0.2, -0.15) is 0 Å². The van der Waals surface area contributed by atoms with Gasteiger partial charge in [0.25, 0.3) is 0 Å². The van der Waals surface area contributed by atoms with E-state index in [1.807, 2.05) is 24.3 Å². The molecule has 0 spiro atoms. The predicted octanol–water partition coefficient (Wildman–Crippen LogP) is 1.41. The molecule has 2 rings (SSSR count). The molecule has 0 radical (unpaired) electrons. The van der Waals surface area contributed by atoms with Crippen LogP contribution in [0.15, 0.2) is 24.3 Å². The quantitative estimate of drug-likeness (QED) is 0.884. The molecule has 1 heterocycles. The van der Waals surface area contributed by atoms with E-state index in [0.29, 0.717) is 19.7 Å². The van der Waals surface area contributed by atoms with Gasteiger partial charge in [0.05, 0.1) is 6.61 Å². The summed E-state index contributed by atoms with van der Waals surface area (Å²) in [5, 5.41) is 6.73. The zero-order valence-corrected chi connectivity index (χ0v) is 12.1. The SMILES string of the molecule is Cl.O=C(NCCc1ccc(Cl)cc1)C1CNCCO1. The van der Waals surface area contributed by atoms with Gasteiger partial charge in [0.1, 0.15) is 6.10 Å². The second-order valence-electron chi connectivity index (χ2n) is 4.23. The third-order valence-electron chi connectivity index (χ3n) is 2.85. The van der Waals surface area contributed by atoms with Crippen LogP contribution in [-0.4, -0.2) is 38.3 Å². The van der Waals surface area contributed by atoms with Crippen LogP contribution in [0.2, 0.25) is 5.02 Å². The van der Waals surface area contributed by atoms with Gasteiger partial charge in [0.15, 0.2) is 0 Å². The first-order valence-corrected chi connectivity index (χ1v) is 6.48. The Morgan fingerprint density at radius 3 is 2.79 bits per heavy atom. The van der Waals surface area contributed by atoms with Crippen LogP contribution in [-0.2, 0) is 16.0 Å². The van der Waals surface area contributed by atoms with Gasteiger partial charge >= 0.3 is 0 Å². The molecule has 0 aliphatic carbocycles. The minimum absolute atomic E-state index is 0.